The van der Waals surface area contributed by atoms with E-state index < -0.39 is 0 Å². The zero-order chi connectivity index (χ0) is 20.2. The van der Waals surface area contributed by atoms with Crippen molar-refractivity contribution >= 4 is 35.8 Å². The summed E-state index contributed by atoms with van der Waals surface area (Å²) in [6.45, 7) is 13.3. The average molecular weight is 503 g/mol. The van der Waals surface area contributed by atoms with Crippen LogP contribution in [0.5, 0.6) is 0 Å². The van der Waals surface area contributed by atoms with E-state index in [0.29, 0.717) is 13.1 Å². The molecule has 0 aromatic heterocycles. The molecule has 160 valence electrons. The number of nitrogens with one attached hydrogen (secondary N) is 1. The Kier molecular flexibility index (Phi) is 13.9. The van der Waals surface area contributed by atoms with Crippen LogP contribution in [-0.4, -0.2) is 73.4 Å². The van der Waals surface area contributed by atoms with E-state index in [0.717, 1.165) is 38.7 Å². The molecule has 0 radical (unpaired) electrons. The summed E-state index contributed by atoms with van der Waals surface area (Å²) in [7, 11) is 4.03. The highest BCUT2D eigenvalue weighted by Crippen LogP contribution is 2.09. The second-order valence-electron chi connectivity index (χ2n) is 6.74. The molecule has 0 atom stereocenters. The second kappa shape index (κ2) is 14.6. The normalized spacial score (nSPS) is 11.2. The van der Waals surface area contributed by atoms with Crippen molar-refractivity contribution in [1.82, 2.24) is 20.0 Å². The summed E-state index contributed by atoms with van der Waals surface area (Å²) in [5, 5.41) is 3.29. The van der Waals surface area contributed by atoms with Gasteiger partial charge in [0, 0.05) is 33.2 Å². The third-order valence-corrected chi connectivity index (χ3v) is 4.58. The number of guanidine groups is 1. The van der Waals surface area contributed by atoms with Gasteiger partial charge < -0.3 is 20.0 Å². The van der Waals surface area contributed by atoms with Gasteiger partial charge in [-0.3, -0.25) is 4.79 Å². The molecule has 0 aliphatic rings. The fourth-order valence-electron chi connectivity index (χ4n) is 2.84. The van der Waals surface area contributed by atoms with Crippen LogP contribution < -0.4 is 5.32 Å². The van der Waals surface area contributed by atoms with Crippen LogP contribution in [0.3, 0.4) is 0 Å². The van der Waals surface area contributed by atoms with Crippen molar-refractivity contribution in [2.45, 2.75) is 40.8 Å². The quantitative estimate of drug-likeness (QED) is 0.303. The Morgan fingerprint density at radius 3 is 2.25 bits per heavy atom. The molecule has 0 fully saturated rings. The Balaban J connectivity index is 0.00000729. The SMILES string of the molecule is CCNC(=NCc1cccc(CN(C)CC)c1)N(C)CC(=O)N(CC)CC.I. The first-order chi connectivity index (χ1) is 12.9. The van der Waals surface area contributed by atoms with Gasteiger partial charge in [0.05, 0.1) is 13.1 Å². The monoisotopic (exact) mass is 503 g/mol. The average Bonchev–Trinajstić information content (AvgIpc) is 2.66. The van der Waals surface area contributed by atoms with Gasteiger partial charge in [0.1, 0.15) is 0 Å². The Morgan fingerprint density at radius 2 is 1.68 bits per heavy atom. The molecule has 0 saturated heterocycles. The van der Waals surface area contributed by atoms with Crippen LogP contribution in [0.4, 0.5) is 0 Å². The molecule has 1 rings (SSSR count). The van der Waals surface area contributed by atoms with Crippen molar-refractivity contribution in [2.24, 2.45) is 4.99 Å². The van der Waals surface area contributed by atoms with Crippen molar-refractivity contribution in [1.29, 1.82) is 0 Å². The molecule has 1 aromatic carbocycles. The Morgan fingerprint density at radius 1 is 1.04 bits per heavy atom. The minimum Gasteiger partial charge on any atom is -0.357 e. The summed E-state index contributed by atoms with van der Waals surface area (Å²) >= 11 is 0. The molecule has 6 nitrogen and oxygen atoms in total. The maximum Gasteiger partial charge on any atom is 0.242 e. The molecule has 0 bridgehead atoms. The Hall–Kier alpha value is -1.35. The lowest BCUT2D eigenvalue weighted by atomic mass is 10.1. The summed E-state index contributed by atoms with van der Waals surface area (Å²) < 4.78 is 0. The van der Waals surface area contributed by atoms with Crippen LogP contribution in [0.1, 0.15) is 38.8 Å². The van der Waals surface area contributed by atoms with Gasteiger partial charge in [0.25, 0.3) is 0 Å². The first kappa shape index (κ1) is 26.6. The largest absolute Gasteiger partial charge is 0.357 e. The molecule has 0 aliphatic heterocycles. The number of rotatable bonds is 10. The van der Waals surface area contributed by atoms with E-state index in [1.807, 2.05) is 37.6 Å². The molecule has 0 spiro atoms. The van der Waals surface area contributed by atoms with Gasteiger partial charge in [-0.25, -0.2) is 4.99 Å². The lowest BCUT2D eigenvalue weighted by Gasteiger charge is -2.25. The number of nitrogens with zero attached hydrogens (tertiary/aromatic N) is 4. The van der Waals surface area contributed by atoms with Crippen LogP contribution in [-0.2, 0) is 17.9 Å². The standard InChI is InChI=1S/C21H37N5O.HI/c1-7-22-21(25(6)17-20(27)26(9-3)10-4)23-15-18-12-11-13-19(14-18)16-24(5)8-2;/h11-14H,7-10,15-17H2,1-6H3,(H,22,23);1H. The molecule has 0 heterocycles. The Labute approximate surface area is 188 Å². The minimum absolute atomic E-state index is 0. The topological polar surface area (TPSA) is 51.2 Å². The minimum atomic E-state index is 0. The van der Waals surface area contributed by atoms with Crippen LogP contribution >= 0.6 is 24.0 Å². The van der Waals surface area contributed by atoms with Crippen molar-refractivity contribution in [3.05, 3.63) is 35.4 Å². The van der Waals surface area contributed by atoms with E-state index in [-0.39, 0.29) is 29.9 Å². The number of hydrogen-bond acceptors (Lipinski definition) is 3. The molecule has 0 unspecified atom stereocenters. The molecule has 1 amide bonds. The smallest absolute Gasteiger partial charge is 0.242 e. The highest BCUT2D eigenvalue weighted by atomic mass is 127. The number of benzene rings is 1. The number of amides is 1. The fraction of sp³-hybridized carbons (Fsp3) is 0.619. The Bertz CT molecular complexity index is 604. The maximum absolute atomic E-state index is 12.4. The first-order valence-electron chi connectivity index (χ1n) is 9.98. The van der Waals surface area contributed by atoms with E-state index in [9.17, 15) is 4.79 Å². The molecule has 1 N–H and O–H groups in total. The number of carbonyl (C=O) groups excluding carboxylic acids is 1. The summed E-state index contributed by atoms with van der Waals surface area (Å²) in [4.78, 5) is 23.1. The van der Waals surface area contributed by atoms with Gasteiger partial charge >= 0.3 is 0 Å². The third kappa shape index (κ3) is 9.23. The molecule has 1 aromatic rings. The second-order valence-corrected chi connectivity index (χ2v) is 6.74. The highest BCUT2D eigenvalue weighted by Gasteiger charge is 2.15. The molecule has 28 heavy (non-hydrogen) atoms. The fourth-order valence-corrected chi connectivity index (χ4v) is 2.84. The lowest BCUT2D eigenvalue weighted by molar-refractivity contribution is -0.131. The summed E-state index contributed by atoms with van der Waals surface area (Å²) in [6.07, 6.45) is 0. The van der Waals surface area contributed by atoms with Gasteiger partial charge in [-0.2, -0.15) is 0 Å². The van der Waals surface area contributed by atoms with E-state index in [4.69, 9.17) is 4.99 Å². The summed E-state index contributed by atoms with van der Waals surface area (Å²) in [5.41, 5.74) is 2.47. The maximum atomic E-state index is 12.4. The third-order valence-electron chi connectivity index (χ3n) is 4.58. The zero-order valence-electron chi connectivity index (χ0n) is 18.4. The van der Waals surface area contributed by atoms with Crippen molar-refractivity contribution in [3.63, 3.8) is 0 Å². The molecule has 0 aliphatic carbocycles. The van der Waals surface area contributed by atoms with Gasteiger partial charge in [-0.1, -0.05) is 31.2 Å². The van der Waals surface area contributed by atoms with Crippen molar-refractivity contribution in [3.8, 4) is 0 Å². The highest BCUT2D eigenvalue weighted by molar-refractivity contribution is 14.0. The van der Waals surface area contributed by atoms with E-state index >= 15 is 0 Å². The van der Waals surface area contributed by atoms with Crippen LogP contribution in [0, 0.1) is 0 Å². The predicted molar refractivity (Wildman–Crippen MR) is 129 cm³/mol. The number of halogens is 1. The van der Waals surface area contributed by atoms with Crippen LogP contribution in [0.2, 0.25) is 0 Å². The van der Waals surface area contributed by atoms with Crippen molar-refractivity contribution in [2.75, 3.05) is 46.8 Å². The van der Waals surface area contributed by atoms with Gasteiger partial charge in [0.15, 0.2) is 5.96 Å². The number of likely N-dealkylation sites (N-methyl/N-ethyl adjacent to an activating group) is 2. The van der Waals surface area contributed by atoms with Crippen molar-refractivity contribution < 1.29 is 4.79 Å². The van der Waals surface area contributed by atoms with Gasteiger partial charge in [-0.05, 0) is 45.5 Å². The van der Waals surface area contributed by atoms with E-state index in [1.54, 1.807) is 0 Å². The van der Waals surface area contributed by atoms with Crippen LogP contribution in [0.15, 0.2) is 29.3 Å². The summed E-state index contributed by atoms with van der Waals surface area (Å²) in [5.74, 6) is 0.881. The van der Waals surface area contributed by atoms with E-state index in [2.05, 4.69) is 48.5 Å². The number of hydrogen-bond donors (Lipinski definition) is 1. The molecular formula is C21H38IN5O. The number of aliphatic imine (C=N–C) groups is 1. The van der Waals surface area contributed by atoms with Gasteiger partial charge in [0.2, 0.25) is 5.91 Å². The lowest BCUT2D eigenvalue weighted by Crippen LogP contribution is -2.45. The molecule has 0 saturated carbocycles. The van der Waals surface area contributed by atoms with Gasteiger partial charge in [-0.15, -0.1) is 24.0 Å². The van der Waals surface area contributed by atoms with Crippen LogP contribution in [0.25, 0.3) is 0 Å². The number of carbonyl (C=O) groups is 1. The zero-order valence-corrected chi connectivity index (χ0v) is 20.7. The molecule has 7 heteroatoms. The van der Waals surface area contributed by atoms with E-state index in [1.165, 1.54) is 11.1 Å². The first-order valence-corrected chi connectivity index (χ1v) is 9.98. The summed E-state index contributed by atoms with van der Waals surface area (Å²) in [6, 6.07) is 8.55. The predicted octanol–water partition coefficient (Wildman–Crippen LogP) is 3.02. The molecular weight excluding hydrogens is 465 g/mol.